The Kier molecular flexibility index (Phi) is 17.7. The Morgan fingerprint density at radius 1 is 0.560 bits per heavy atom. The molecule has 0 amide bonds. The molecule has 0 aliphatic carbocycles. The molecule has 0 fully saturated rings. The molecule has 0 atom stereocenters. The lowest BCUT2D eigenvalue weighted by molar-refractivity contribution is 0.424. The van der Waals surface area contributed by atoms with Crippen molar-refractivity contribution in [2.75, 3.05) is 0 Å². The van der Waals surface area contributed by atoms with Gasteiger partial charge in [0.25, 0.3) is 8.60 Å². The lowest BCUT2D eigenvalue weighted by Gasteiger charge is -2.16. The van der Waals surface area contributed by atoms with Gasteiger partial charge in [-0.1, -0.05) is 75.4 Å². The van der Waals surface area contributed by atoms with Crippen LogP contribution in [0.15, 0.2) is 33.8 Å². The van der Waals surface area contributed by atoms with Gasteiger partial charge in [0.15, 0.2) is 29.3 Å². The van der Waals surface area contributed by atoms with Gasteiger partial charge in [-0.2, -0.15) is 0 Å². The van der Waals surface area contributed by atoms with Gasteiger partial charge in [-0.05, 0) is 38.5 Å². The first kappa shape index (κ1) is 25.2. The molecule has 7 heteroatoms. The van der Waals surface area contributed by atoms with Gasteiger partial charge in [-0.3, -0.25) is 0 Å². The largest absolute Gasteiger partial charge is 0.358 e. The van der Waals surface area contributed by atoms with Crippen molar-refractivity contribution in [3.63, 3.8) is 0 Å². The highest BCUT2D eigenvalue weighted by molar-refractivity contribution is 7.45. The third-order valence-electron chi connectivity index (χ3n) is 4.38. The zero-order chi connectivity index (χ0) is 18.9. The summed E-state index contributed by atoms with van der Waals surface area (Å²) < 4.78 is 18.2. The molecular weight excluding hydrogens is 379 g/mol. The van der Waals surface area contributed by atoms with Crippen molar-refractivity contribution in [3.05, 3.63) is 33.8 Å². The molecule has 0 aromatic rings. The first-order chi connectivity index (χ1) is 12.1. The van der Waals surface area contributed by atoms with Crippen LogP contribution in [0, 0.1) is 0 Å². The molecule has 0 N–H and O–H groups in total. The van der Waals surface area contributed by atoms with E-state index in [1.54, 1.807) is 0 Å². The number of allylic oxidation sites excluding steroid dienone is 3. The zero-order valence-electron chi connectivity index (χ0n) is 17.3. The van der Waals surface area contributed by atoms with Crippen LogP contribution >= 0.6 is 8.60 Å². The molecule has 146 valence electrons. The first-order valence-electron chi connectivity index (χ1n) is 9.87. The summed E-state index contributed by atoms with van der Waals surface area (Å²) in [6, 6.07) is 0. The minimum atomic E-state index is -1.13. The molecule has 0 rings (SSSR count). The van der Waals surface area contributed by atoms with E-state index in [2.05, 4.69) is 58.6 Å². The van der Waals surface area contributed by atoms with E-state index in [0.717, 1.165) is 38.5 Å². The highest BCUT2D eigenvalue weighted by Gasteiger charge is 2.10. The molecule has 0 aromatic carbocycles. The average Bonchev–Trinajstić information content (AvgIpc) is 2.65. The fraction of sp³-hybridized carbons (Fsp3) is 0.667. The quantitative estimate of drug-likeness (QED) is 0.287. The summed E-state index contributed by atoms with van der Waals surface area (Å²) >= 11 is 0. The molecular formula is C18H39O3PSi3. The van der Waals surface area contributed by atoms with Gasteiger partial charge in [0, 0.05) is 0 Å². The second-order valence-electron chi connectivity index (χ2n) is 5.82. The molecule has 0 spiro atoms. The molecule has 0 aromatic heterocycles. The lowest BCUT2D eigenvalue weighted by atomic mass is 10.2. The zero-order valence-corrected chi connectivity index (χ0v) is 22.4. The summed E-state index contributed by atoms with van der Waals surface area (Å²) in [5, 5.41) is 0. The van der Waals surface area contributed by atoms with Gasteiger partial charge >= 0.3 is 0 Å². The fourth-order valence-corrected chi connectivity index (χ4v) is 10.1. The summed E-state index contributed by atoms with van der Waals surface area (Å²) in [5.41, 5.74) is 11.5. The predicted octanol–water partition coefficient (Wildman–Crippen LogP) is 4.63. The normalized spacial score (nSPS) is 13.2. The Labute approximate surface area is 164 Å². The molecule has 0 saturated carbocycles. The van der Waals surface area contributed by atoms with Crippen LogP contribution in [0.3, 0.4) is 0 Å². The van der Waals surface area contributed by atoms with Crippen molar-refractivity contribution in [3.8, 4) is 0 Å². The molecule has 25 heavy (non-hydrogen) atoms. The fourth-order valence-electron chi connectivity index (χ4n) is 2.38. The lowest BCUT2D eigenvalue weighted by Crippen LogP contribution is -2.04. The molecule has 3 nitrogen and oxygen atoms in total. The standard InChI is InChI=1S/C18H39O3PSi3/c1-7-16(8-2)13-23-19-22(20-24-14-17(9-3)10-4)21-25-15-18(11-5)12-6/h13-15H,7-12,23-25H2,1-6H3. The molecule has 0 unspecified atom stereocenters. The predicted molar refractivity (Wildman–Crippen MR) is 122 cm³/mol. The summed E-state index contributed by atoms with van der Waals surface area (Å²) in [7, 11) is -3.24. The van der Waals surface area contributed by atoms with Gasteiger partial charge in [-0.15, -0.1) is 0 Å². The summed E-state index contributed by atoms with van der Waals surface area (Å²) in [6.07, 6.45) is 6.72. The van der Waals surface area contributed by atoms with Crippen molar-refractivity contribution in [2.45, 2.75) is 80.1 Å². The van der Waals surface area contributed by atoms with Crippen molar-refractivity contribution in [1.82, 2.24) is 0 Å². The van der Waals surface area contributed by atoms with Crippen LogP contribution in [0.5, 0.6) is 0 Å². The van der Waals surface area contributed by atoms with E-state index < -0.39 is 37.9 Å². The van der Waals surface area contributed by atoms with E-state index in [9.17, 15) is 0 Å². The van der Waals surface area contributed by atoms with E-state index in [1.165, 1.54) is 16.7 Å². The van der Waals surface area contributed by atoms with Gasteiger partial charge in [0.2, 0.25) is 0 Å². The van der Waals surface area contributed by atoms with E-state index in [0.29, 0.717) is 0 Å². The number of hydrogen-bond donors (Lipinski definition) is 0. The van der Waals surface area contributed by atoms with Crippen LogP contribution < -0.4 is 0 Å². The van der Waals surface area contributed by atoms with Gasteiger partial charge < -0.3 is 12.6 Å². The summed E-state index contributed by atoms with van der Waals surface area (Å²) in [6.45, 7) is 13.3. The molecule has 0 radical (unpaired) electrons. The van der Waals surface area contributed by atoms with Crippen LogP contribution in [-0.2, 0) is 12.6 Å². The van der Waals surface area contributed by atoms with E-state index >= 15 is 0 Å². The monoisotopic (exact) mass is 418 g/mol. The SMILES string of the molecule is CCC(=C[SiH2]OP(O[SiH2]C=C(CC)CC)O[SiH2]C=C(CC)CC)CC. The van der Waals surface area contributed by atoms with Crippen LogP contribution in [0.4, 0.5) is 0 Å². The van der Waals surface area contributed by atoms with Gasteiger partial charge in [-0.25, -0.2) is 0 Å². The Balaban J connectivity index is 4.61. The maximum absolute atomic E-state index is 6.07. The Bertz CT molecular complexity index is 346. The van der Waals surface area contributed by atoms with Crippen LogP contribution in [-0.4, -0.2) is 29.3 Å². The smallest absolute Gasteiger partial charge is 0.299 e. The Hall–Kier alpha value is 0.181. The minimum Gasteiger partial charge on any atom is -0.358 e. The molecule has 0 aliphatic rings. The third-order valence-corrected chi connectivity index (χ3v) is 10.9. The van der Waals surface area contributed by atoms with Crippen LogP contribution in [0.1, 0.15) is 80.1 Å². The third kappa shape index (κ3) is 13.1. The number of rotatable bonds is 15. The number of hydrogen-bond acceptors (Lipinski definition) is 3. The second kappa shape index (κ2) is 17.6. The van der Waals surface area contributed by atoms with Crippen molar-refractivity contribution in [1.29, 1.82) is 0 Å². The highest BCUT2D eigenvalue weighted by atomic mass is 31.2. The maximum Gasteiger partial charge on any atom is 0.299 e. The minimum absolute atomic E-state index is 0.701. The molecule has 0 aliphatic heterocycles. The summed E-state index contributed by atoms with van der Waals surface area (Å²) in [4.78, 5) is 0. The Morgan fingerprint density at radius 3 is 1.00 bits per heavy atom. The van der Waals surface area contributed by atoms with Gasteiger partial charge in [0.1, 0.15) is 0 Å². The first-order valence-corrected chi connectivity index (χ1v) is 15.1. The van der Waals surface area contributed by atoms with E-state index in [4.69, 9.17) is 12.6 Å². The molecule has 0 heterocycles. The van der Waals surface area contributed by atoms with Crippen molar-refractivity contribution >= 4 is 37.9 Å². The topological polar surface area (TPSA) is 27.7 Å². The van der Waals surface area contributed by atoms with Gasteiger partial charge in [0.05, 0.1) is 0 Å². The van der Waals surface area contributed by atoms with E-state index in [1.807, 2.05) is 0 Å². The molecule has 0 saturated heterocycles. The summed E-state index contributed by atoms with van der Waals surface area (Å²) in [5.74, 6) is 0. The van der Waals surface area contributed by atoms with Crippen molar-refractivity contribution < 1.29 is 12.6 Å². The van der Waals surface area contributed by atoms with E-state index in [-0.39, 0.29) is 0 Å². The highest BCUT2D eigenvalue weighted by Crippen LogP contribution is 2.38. The maximum atomic E-state index is 6.07. The van der Waals surface area contributed by atoms with Crippen molar-refractivity contribution in [2.24, 2.45) is 0 Å². The Morgan fingerprint density at radius 2 is 0.800 bits per heavy atom. The van der Waals surface area contributed by atoms with Crippen LogP contribution in [0.2, 0.25) is 0 Å². The van der Waals surface area contributed by atoms with Crippen LogP contribution in [0.25, 0.3) is 0 Å². The molecule has 0 bridgehead atoms. The second-order valence-corrected chi connectivity index (χ2v) is 11.6. The average molecular weight is 419 g/mol.